The predicted octanol–water partition coefficient (Wildman–Crippen LogP) is 1.66. The first-order valence-corrected chi connectivity index (χ1v) is 10.3. The first-order valence-electron chi connectivity index (χ1n) is 9.47. The number of fused-ring (bicyclic) bond motifs is 2. The van der Waals surface area contributed by atoms with Crippen molar-refractivity contribution in [2.75, 3.05) is 0 Å². The molecule has 0 aliphatic heterocycles. The molecule has 0 aliphatic carbocycles. The van der Waals surface area contributed by atoms with E-state index in [1.165, 1.54) is 26.8 Å². The second kappa shape index (κ2) is 7.11. The third-order valence-corrected chi connectivity index (χ3v) is 6.42. The van der Waals surface area contributed by atoms with Gasteiger partial charge in [0.05, 0.1) is 18.3 Å². The van der Waals surface area contributed by atoms with Gasteiger partial charge in [0.25, 0.3) is 11.1 Å². The summed E-state index contributed by atoms with van der Waals surface area (Å²) in [4.78, 5) is 50.8. The first kappa shape index (κ1) is 19.3. The molecule has 10 heteroatoms. The van der Waals surface area contributed by atoms with E-state index in [-0.39, 0.29) is 12.1 Å². The molecule has 0 fully saturated rings. The number of H-pyrrole nitrogens is 1. The molecule has 1 N–H and O–H groups in total. The molecule has 0 bridgehead atoms. The number of hydrogen-bond acceptors (Lipinski definition) is 6. The van der Waals surface area contributed by atoms with Crippen LogP contribution >= 0.6 is 11.3 Å². The van der Waals surface area contributed by atoms with Crippen LogP contribution in [0.3, 0.4) is 0 Å². The van der Waals surface area contributed by atoms with E-state index in [1.807, 2.05) is 20.8 Å². The minimum Gasteiger partial charge on any atom is -0.324 e. The van der Waals surface area contributed by atoms with E-state index in [2.05, 4.69) is 15.0 Å². The molecular formula is C19H22N6O3S. The van der Waals surface area contributed by atoms with Crippen LogP contribution in [-0.2, 0) is 20.1 Å². The lowest BCUT2D eigenvalue weighted by atomic mass is 10.2. The van der Waals surface area contributed by atoms with Crippen molar-refractivity contribution in [2.45, 2.75) is 46.7 Å². The van der Waals surface area contributed by atoms with E-state index in [1.54, 1.807) is 11.6 Å². The predicted molar refractivity (Wildman–Crippen MR) is 113 cm³/mol. The van der Waals surface area contributed by atoms with E-state index in [0.29, 0.717) is 28.9 Å². The second-order valence-corrected chi connectivity index (χ2v) is 8.37. The molecule has 0 spiro atoms. The summed E-state index contributed by atoms with van der Waals surface area (Å²) in [6.45, 7) is 6.55. The van der Waals surface area contributed by atoms with Crippen molar-refractivity contribution in [3.05, 3.63) is 53.8 Å². The van der Waals surface area contributed by atoms with Gasteiger partial charge in [-0.05, 0) is 25.8 Å². The Balaban J connectivity index is 1.87. The van der Waals surface area contributed by atoms with Crippen LogP contribution < -0.4 is 16.8 Å². The number of nitrogens with one attached hydrogen (secondary N) is 1. The zero-order valence-corrected chi connectivity index (χ0v) is 17.6. The first-order chi connectivity index (χ1) is 13.8. The van der Waals surface area contributed by atoms with Gasteiger partial charge in [0.2, 0.25) is 0 Å². The summed E-state index contributed by atoms with van der Waals surface area (Å²) < 4.78 is 4.62. The fourth-order valence-electron chi connectivity index (χ4n) is 3.49. The normalized spacial score (nSPS) is 11.7. The standard InChI is InChI=1S/C19H22N6O3S/c1-5-6-7-25-15-14(16(26)22-19(25)28)23(4)12(21-15)8-24-9-20-17-13(18(24)27)10(2)11(3)29-17/h9H,5-8H2,1-4H3,(H,22,26,28). The fourth-order valence-corrected chi connectivity index (χ4v) is 4.48. The average molecular weight is 414 g/mol. The molecule has 29 heavy (non-hydrogen) atoms. The number of hydrogen-bond donors (Lipinski definition) is 1. The Morgan fingerprint density at radius 1 is 1.21 bits per heavy atom. The number of aromatic nitrogens is 6. The lowest BCUT2D eigenvalue weighted by Gasteiger charge is -2.05. The molecular weight excluding hydrogens is 392 g/mol. The van der Waals surface area contributed by atoms with Gasteiger partial charge in [-0.25, -0.2) is 14.8 Å². The van der Waals surface area contributed by atoms with E-state index < -0.39 is 11.2 Å². The number of rotatable bonds is 5. The number of aromatic amines is 1. The maximum absolute atomic E-state index is 13.0. The smallest absolute Gasteiger partial charge is 0.324 e. The van der Waals surface area contributed by atoms with Crippen LogP contribution in [0.2, 0.25) is 0 Å². The van der Waals surface area contributed by atoms with E-state index in [0.717, 1.165) is 28.1 Å². The third-order valence-electron chi connectivity index (χ3n) is 5.31. The molecule has 4 aromatic rings. The van der Waals surface area contributed by atoms with E-state index in [4.69, 9.17) is 0 Å². The van der Waals surface area contributed by atoms with Gasteiger partial charge < -0.3 is 4.57 Å². The number of imidazole rings is 1. The maximum atomic E-state index is 13.0. The highest BCUT2D eigenvalue weighted by atomic mass is 32.1. The molecule has 0 unspecified atom stereocenters. The Morgan fingerprint density at radius 2 is 1.97 bits per heavy atom. The highest BCUT2D eigenvalue weighted by Gasteiger charge is 2.18. The van der Waals surface area contributed by atoms with Gasteiger partial charge in [-0.15, -0.1) is 11.3 Å². The molecule has 4 heterocycles. The van der Waals surface area contributed by atoms with Gasteiger partial charge in [0.1, 0.15) is 10.7 Å². The Morgan fingerprint density at radius 3 is 2.69 bits per heavy atom. The van der Waals surface area contributed by atoms with Crippen LogP contribution in [0.5, 0.6) is 0 Å². The molecule has 0 aliphatic rings. The Hall–Kier alpha value is -3.01. The molecule has 0 amide bonds. The van der Waals surface area contributed by atoms with Gasteiger partial charge in [0, 0.05) is 18.5 Å². The van der Waals surface area contributed by atoms with E-state index in [9.17, 15) is 14.4 Å². The lowest BCUT2D eigenvalue weighted by Crippen LogP contribution is -2.31. The number of unbranched alkanes of at least 4 members (excludes halogenated alkanes) is 1. The summed E-state index contributed by atoms with van der Waals surface area (Å²) in [5.74, 6) is 0.509. The Kier molecular flexibility index (Phi) is 4.73. The van der Waals surface area contributed by atoms with Crippen molar-refractivity contribution in [1.82, 2.24) is 28.7 Å². The van der Waals surface area contributed by atoms with Crippen molar-refractivity contribution in [3.63, 3.8) is 0 Å². The van der Waals surface area contributed by atoms with Crippen LogP contribution in [0, 0.1) is 13.8 Å². The van der Waals surface area contributed by atoms with Gasteiger partial charge in [-0.2, -0.15) is 0 Å². The van der Waals surface area contributed by atoms with Crippen molar-refractivity contribution in [1.29, 1.82) is 0 Å². The summed E-state index contributed by atoms with van der Waals surface area (Å²) in [6, 6.07) is 0. The summed E-state index contributed by atoms with van der Waals surface area (Å²) in [5, 5.41) is 0.617. The van der Waals surface area contributed by atoms with Crippen LogP contribution in [0.4, 0.5) is 0 Å². The van der Waals surface area contributed by atoms with Crippen LogP contribution in [0.15, 0.2) is 20.7 Å². The van der Waals surface area contributed by atoms with E-state index >= 15 is 0 Å². The SMILES string of the molecule is CCCCn1c(=O)[nH]c(=O)c2c1nc(Cn1cnc3sc(C)c(C)c3c1=O)n2C. The van der Waals surface area contributed by atoms with Crippen LogP contribution in [0.1, 0.15) is 36.0 Å². The molecule has 4 aromatic heterocycles. The molecule has 4 rings (SSSR count). The van der Waals surface area contributed by atoms with Crippen molar-refractivity contribution < 1.29 is 0 Å². The fraction of sp³-hybridized carbons (Fsp3) is 0.421. The number of thiophene rings is 1. The summed E-state index contributed by atoms with van der Waals surface area (Å²) in [7, 11) is 1.71. The monoisotopic (exact) mass is 414 g/mol. The molecule has 0 aromatic carbocycles. The molecule has 152 valence electrons. The lowest BCUT2D eigenvalue weighted by molar-refractivity contribution is 0.612. The van der Waals surface area contributed by atoms with Gasteiger partial charge >= 0.3 is 5.69 Å². The Labute approximate surface area is 169 Å². The number of aryl methyl sites for hydroxylation is 4. The summed E-state index contributed by atoms with van der Waals surface area (Å²) in [5.41, 5.74) is 0.511. The minimum absolute atomic E-state index is 0.138. The minimum atomic E-state index is -0.482. The quantitative estimate of drug-likeness (QED) is 0.534. The van der Waals surface area contributed by atoms with Gasteiger partial charge in [-0.1, -0.05) is 13.3 Å². The van der Waals surface area contributed by atoms with Crippen LogP contribution in [-0.4, -0.2) is 28.7 Å². The van der Waals surface area contributed by atoms with Crippen LogP contribution in [0.25, 0.3) is 21.4 Å². The van der Waals surface area contributed by atoms with Gasteiger partial charge in [0.15, 0.2) is 11.2 Å². The highest BCUT2D eigenvalue weighted by Crippen LogP contribution is 2.25. The second-order valence-electron chi connectivity index (χ2n) is 7.16. The molecule has 0 radical (unpaired) electrons. The van der Waals surface area contributed by atoms with Crippen molar-refractivity contribution >= 4 is 32.7 Å². The number of nitrogens with zero attached hydrogens (tertiary/aromatic N) is 5. The highest BCUT2D eigenvalue weighted by molar-refractivity contribution is 7.18. The van der Waals surface area contributed by atoms with Gasteiger partial charge in [-0.3, -0.25) is 23.7 Å². The molecule has 9 nitrogen and oxygen atoms in total. The van der Waals surface area contributed by atoms with Crippen molar-refractivity contribution in [3.8, 4) is 0 Å². The topological polar surface area (TPSA) is 108 Å². The Bertz CT molecular complexity index is 1420. The summed E-state index contributed by atoms with van der Waals surface area (Å²) >= 11 is 1.50. The van der Waals surface area contributed by atoms with Crippen molar-refractivity contribution in [2.24, 2.45) is 7.05 Å². The maximum Gasteiger partial charge on any atom is 0.330 e. The zero-order valence-electron chi connectivity index (χ0n) is 16.8. The average Bonchev–Trinajstić information content (AvgIpc) is 3.15. The molecule has 0 saturated carbocycles. The third kappa shape index (κ3) is 3.03. The molecule has 0 saturated heterocycles. The largest absolute Gasteiger partial charge is 0.330 e. The molecule has 0 atom stereocenters. The zero-order chi connectivity index (χ0) is 20.9. The summed E-state index contributed by atoms with van der Waals surface area (Å²) in [6.07, 6.45) is 3.21.